The fraction of sp³-hybridized carbons (Fsp3) is 0.192. The molecule has 7 heteroatoms. The van der Waals surface area contributed by atoms with E-state index in [0.29, 0.717) is 24.1 Å². The van der Waals surface area contributed by atoms with Gasteiger partial charge in [0, 0.05) is 19.2 Å². The highest BCUT2D eigenvalue weighted by Crippen LogP contribution is 2.26. The number of rotatable bonds is 8. The average molecular weight is 461 g/mol. The highest BCUT2D eigenvalue weighted by molar-refractivity contribution is 7.99. The van der Waals surface area contributed by atoms with Gasteiger partial charge in [0.15, 0.2) is 11.0 Å². The maximum Gasteiger partial charge on any atom is 0.233 e. The average Bonchev–Trinajstić information content (AvgIpc) is 3.22. The van der Waals surface area contributed by atoms with E-state index in [-0.39, 0.29) is 17.5 Å². The maximum atomic E-state index is 13.4. The number of thioether (sulfide) groups is 1. The number of hydrogen-bond donors (Lipinski definition) is 0. The molecule has 0 aliphatic heterocycles. The molecule has 1 amide bonds. The number of halogens is 1. The minimum atomic E-state index is -0.301. The molecule has 0 saturated carbocycles. The molecule has 168 valence electrons. The second kappa shape index (κ2) is 10.4. The van der Waals surface area contributed by atoms with Crippen LogP contribution in [0.1, 0.15) is 16.7 Å². The fourth-order valence-corrected chi connectivity index (χ4v) is 4.29. The van der Waals surface area contributed by atoms with Crippen LogP contribution in [0.4, 0.5) is 4.39 Å². The first-order valence-corrected chi connectivity index (χ1v) is 11.6. The van der Waals surface area contributed by atoms with Crippen LogP contribution in [0.2, 0.25) is 0 Å². The highest BCUT2D eigenvalue weighted by Gasteiger charge is 2.18. The summed E-state index contributed by atoms with van der Waals surface area (Å²) < 4.78 is 15.4. The van der Waals surface area contributed by atoms with Crippen molar-refractivity contribution in [3.05, 3.63) is 101 Å². The molecule has 0 unspecified atom stereocenters. The molecule has 0 bridgehead atoms. The summed E-state index contributed by atoms with van der Waals surface area (Å²) in [5, 5.41) is 9.35. The summed E-state index contributed by atoms with van der Waals surface area (Å²) in [5.74, 6) is 0.600. The number of amides is 1. The molecular formula is C26H25FN4OS. The minimum Gasteiger partial charge on any atom is -0.341 e. The van der Waals surface area contributed by atoms with Crippen molar-refractivity contribution >= 4 is 17.7 Å². The molecular weight excluding hydrogens is 435 g/mol. The Morgan fingerprint density at radius 3 is 2.33 bits per heavy atom. The number of aromatic nitrogens is 3. The number of carbonyl (C=O) groups is 1. The van der Waals surface area contributed by atoms with Crippen LogP contribution in [0.5, 0.6) is 0 Å². The minimum absolute atomic E-state index is 0.0122. The lowest BCUT2D eigenvalue weighted by Gasteiger charge is -2.17. The molecule has 0 atom stereocenters. The van der Waals surface area contributed by atoms with E-state index in [9.17, 15) is 9.18 Å². The summed E-state index contributed by atoms with van der Waals surface area (Å²) in [6.07, 6.45) is 0. The Bertz CT molecular complexity index is 1210. The van der Waals surface area contributed by atoms with Crippen LogP contribution in [-0.2, 0) is 17.9 Å². The van der Waals surface area contributed by atoms with E-state index < -0.39 is 0 Å². The summed E-state index contributed by atoms with van der Waals surface area (Å²) in [7, 11) is 1.81. The predicted octanol–water partition coefficient (Wildman–Crippen LogP) is 5.19. The van der Waals surface area contributed by atoms with Crippen molar-refractivity contribution in [1.29, 1.82) is 0 Å². The monoisotopic (exact) mass is 460 g/mol. The molecule has 33 heavy (non-hydrogen) atoms. The lowest BCUT2D eigenvalue weighted by atomic mass is 10.1. The Morgan fingerprint density at radius 1 is 0.939 bits per heavy atom. The van der Waals surface area contributed by atoms with Gasteiger partial charge in [0.05, 0.1) is 12.3 Å². The van der Waals surface area contributed by atoms with E-state index in [1.807, 2.05) is 66.1 Å². The lowest BCUT2D eigenvalue weighted by molar-refractivity contribution is -0.127. The van der Waals surface area contributed by atoms with Gasteiger partial charge in [-0.3, -0.25) is 9.36 Å². The van der Waals surface area contributed by atoms with Crippen molar-refractivity contribution in [2.24, 2.45) is 0 Å². The summed E-state index contributed by atoms with van der Waals surface area (Å²) in [6, 6.07) is 24.4. The standard InChI is InChI=1S/C26H25FN4OS/c1-19-8-10-21(11-9-19)16-30(2)24(32)18-33-26-29-28-25(22-12-14-23(27)15-13-22)31(26)17-20-6-4-3-5-7-20/h3-15H,16-18H2,1-2H3. The zero-order valence-corrected chi connectivity index (χ0v) is 19.4. The normalized spacial score (nSPS) is 10.9. The van der Waals surface area contributed by atoms with Gasteiger partial charge in [0.1, 0.15) is 5.82 Å². The molecule has 0 spiro atoms. The van der Waals surface area contributed by atoms with Crippen molar-refractivity contribution in [2.45, 2.75) is 25.2 Å². The zero-order chi connectivity index (χ0) is 23.2. The maximum absolute atomic E-state index is 13.4. The first-order valence-electron chi connectivity index (χ1n) is 10.6. The van der Waals surface area contributed by atoms with E-state index in [2.05, 4.69) is 10.2 Å². The Labute approximate surface area is 197 Å². The van der Waals surface area contributed by atoms with Gasteiger partial charge in [-0.25, -0.2) is 4.39 Å². The third-order valence-electron chi connectivity index (χ3n) is 5.29. The first kappa shape index (κ1) is 22.7. The largest absolute Gasteiger partial charge is 0.341 e. The van der Waals surface area contributed by atoms with Gasteiger partial charge in [-0.15, -0.1) is 10.2 Å². The Morgan fingerprint density at radius 2 is 1.64 bits per heavy atom. The summed E-state index contributed by atoms with van der Waals surface area (Å²) in [5.41, 5.74) is 4.14. The van der Waals surface area contributed by atoms with E-state index in [1.165, 1.54) is 29.5 Å². The third kappa shape index (κ3) is 5.87. The molecule has 3 aromatic carbocycles. The van der Waals surface area contributed by atoms with E-state index in [4.69, 9.17) is 0 Å². The summed E-state index contributed by atoms with van der Waals surface area (Å²) in [6.45, 7) is 3.15. The van der Waals surface area contributed by atoms with E-state index in [0.717, 1.165) is 16.7 Å². The number of aryl methyl sites for hydroxylation is 1. The van der Waals surface area contributed by atoms with Gasteiger partial charge in [-0.05, 0) is 42.3 Å². The smallest absolute Gasteiger partial charge is 0.233 e. The number of benzene rings is 3. The van der Waals surface area contributed by atoms with Crippen LogP contribution in [0.3, 0.4) is 0 Å². The fourth-order valence-electron chi connectivity index (χ4n) is 3.41. The third-order valence-corrected chi connectivity index (χ3v) is 6.25. The van der Waals surface area contributed by atoms with Gasteiger partial charge in [-0.2, -0.15) is 0 Å². The molecule has 4 aromatic rings. The van der Waals surface area contributed by atoms with Crippen molar-refractivity contribution < 1.29 is 9.18 Å². The number of hydrogen-bond acceptors (Lipinski definition) is 4. The highest BCUT2D eigenvalue weighted by atomic mass is 32.2. The Balaban J connectivity index is 1.51. The topological polar surface area (TPSA) is 51.0 Å². The number of carbonyl (C=O) groups excluding carboxylic acids is 1. The predicted molar refractivity (Wildman–Crippen MR) is 129 cm³/mol. The lowest BCUT2D eigenvalue weighted by Crippen LogP contribution is -2.27. The molecule has 0 saturated heterocycles. The van der Waals surface area contributed by atoms with Crippen molar-refractivity contribution in [3.8, 4) is 11.4 Å². The molecule has 5 nitrogen and oxygen atoms in total. The van der Waals surface area contributed by atoms with Gasteiger partial charge in [-0.1, -0.05) is 71.9 Å². The van der Waals surface area contributed by atoms with Crippen LogP contribution < -0.4 is 0 Å². The van der Waals surface area contributed by atoms with Crippen molar-refractivity contribution in [3.63, 3.8) is 0 Å². The summed E-state index contributed by atoms with van der Waals surface area (Å²) in [4.78, 5) is 14.5. The second-order valence-electron chi connectivity index (χ2n) is 7.91. The van der Waals surface area contributed by atoms with Crippen molar-refractivity contribution in [1.82, 2.24) is 19.7 Å². The second-order valence-corrected chi connectivity index (χ2v) is 8.85. The van der Waals surface area contributed by atoms with Crippen LogP contribution in [0.15, 0.2) is 84.0 Å². The molecule has 0 aliphatic rings. The first-order chi connectivity index (χ1) is 16.0. The summed E-state index contributed by atoms with van der Waals surface area (Å²) >= 11 is 1.36. The molecule has 0 radical (unpaired) electrons. The van der Waals surface area contributed by atoms with Gasteiger partial charge >= 0.3 is 0 Å². The SMILES string of the molecule is Cc1ccc(CN(C)C(=O)CSc2nnc(-c3ccc(F)cc3)n2Cc2ccccc2)cc1. The van der Waals surface area contributed by atoms with E-state index in [1.54, 1.807) is 24.1 Å². The molecule has 1 heterocycles. The van der Waals surface area contributed by atoms with Crippen molar-refractivity contribution in [2.75, 3.05) is 12.8 Å². The molecule has 0 N–H and O–H groups in total. The van der Waals surface area contributed by atoms with Gasteiger partial charge < -0.3 is 4.90 Å². The molecule has 1 aromatic heterocycles. The zero-order valence-electron chi connectivity index (χ0n) is 18.6. The Hall–Kier alpha value is -3.45. The van der Waals surface area contributed by atoms with Gasteiger partial charge in [0.2, 0.25) is 5.91 Å². The molecule has 0 fully saturated rings. The van der Waals surface area contributed by atoms with Crippen LogP contribution in [0.25, 0.3) is 11.4 Å². The quantitative estimate of drug-likeness (QED) is 0.340. The van der Waals surface area contributed by atoms with Crippen LogP contribution in [-0.4, -0.2) is 38.4 Å². The van der Waals surface area contributed by atoms with E-state index >= 15 is 0 Å². The van der Waals surface area contributed by atoms with Gasteiger partial charge in [0.25, 0.3) is 0 Å². The molecule has 4 rings (SSSR count). The molecule has 0 aliphatic carbocycles. The van der Waals surface area contributed by atoms with Crippen LogP contribution >= 0.6 is 11.8 Å². The number of nitrogens with zero attached hydrogens (tertiary/aromatic N) is 4. The Kier molecular flexibility index (Phi) is 7.19. The van der Waals surface area contributed by atoms with Crippen LogP contribution in [0, 0.1) is 12.7 Å².